The molecule has 0 aliphatic rings. The van der Waals surface area contributed by atoms with E-state index in [0.29, 0.717) is 22.6 Å². The van der Waals surface area contributed by atoms with Gasteiger partial charge in [-0.15, -0.1) is 32.6 Å². The van der Waals surface area contributed by atoms with Crippen molar-refractivity contribution in [3.05, 3.63) is 64.3 Å². The number of thiophene rings is 2. The van der Waals surface area contributed by atoms with Crippen molar-refractivity contribution < 1.29 is 4.42 Å². The molecule has 0 bridgehead atoms. The highest BCUT2D eigenvalue weighted by molar-refractivity contribution is 7.13. The Kier molecular flexibility index (Phi) is 3.91. The number of hydrogen-bond acceptors (Lipinski definition) is 4. The minimum absolute atomic E-state index is 0.531. The summed E-state index contributed by atoms with van der Waals surface area (Å²) in [6.07, 6.45) is 0. The Morgan fingerprint density at radius 3 is 2.09 bits per heavy atom. The van der Waals surface area contributed by atoms with Crippen LogP contribution in [0.5, 0.6) is 0 Å². The van der Waals surface area contributed by atoms with Crippen molar-refractivity contribution in [1.82, 2.24) is 9.97 Å². The Morgan fingerprint density at radius 2 is 1.43 bits per heavy atom. The van der Waals surface area contributed by atoms with Crippen LogP contribution in [0.3, 0.4) is 0 Å². The molecule has 4 aromatic rings. The van der Waals surface area contributed by atoms with E-state index >= 15 is 0 Å². The summed E-state index contributed by atoms with van der Waals surface area (Å²) in [5, 5.41) is 4.69. The van der Waals surface area contributed by atoms with E-state index in [1.54, 1.807) is 22.7 Å². The highest BCUT2D eigenvalue weighted by Gasteiger charge is 2.24. The lowest BCUT2D eigenvalue weighted by Gasteiger charge is -1.96. The minimum atomic E-state index is 0.531. The Labute approximate surface area is 145 Å². The molecular weight excluding hydrogens is 348 g/mol. The summed E-state index contributed by atoms with van der Waals surface area (Å²) in [5.74, 6) is 1.77. The topological polar surface area (TPSA) is 37.1 Å². The Hall–Kier alpha value is -2.08. The molecule has 4 rings (SSSR count). The average Bonchev–Trinajstić information content (AvgIpc) is 3.29. The second-order valence-electron chi connectivity index (χ2n) is 4.72. The second kappa shape index (κ2) is 6.20. The van der Waals surface area contributed by atoms with Crippen LogP contribution in [0.25, 0.3) is 32.9 Å². The molecule has 6 heteroatoms. The Bertz CT molecular complexity index is 867. The van der Waals surface area contributed by atoms with E-state index in [1.807, 2.05) is 59.3 Å². The maximum Gasteiger partial charge on any atom is 0.474 e. The molecule has 0 aliphatic heterocycles. The lowest BCUT2D eigenvalue weighted by Crippen LogP contribution is -1.93. The summed E-state index contributed by atoms with van der Waals surface area (Å²) in [4.78, 5) is 11.1. The van der Waals surface area contributed by atoms with Gasteiger partial charge in [0.1, 0.15) is 5.56 Å². The minimum Gasteiger partial charge on any atom is -0.165 e. The van der Waals surface area contributed by atoms with Crippen LogP contribution in [0.4, 0.5) is 0 Å². The summed E-state index contributed by atoms with van der Waals surface area (Å²) >= 11 is 9.15. The maximum absolute atomic E-state index is 5.96. The van der Waals surface area contributed by atoms with Gasteiger partial charge in [0.05, 0.1) is 4.88 Å². The van der Waals surface area contributed by atoms with E-state index in [2.05, 4.69) is 9.97 Å². The number of hydrogen-bond donors (Lipinski definition) is 0. The molecule has 1 aromatic carbocycles. The number of benzene rings is 1. The van der Waals surface area contributed by atoms with E-state index < -0.39 is 0 Å². The largest absolute Gasteiger partial charge is 0.474 e. The van der Waals surface area contributed by atoms with Crippen LogP contribution in [0.1, 0.15) is 0 Å². The first-order valence-electron chi connectivity index (χ1n) is 6.85. The average molecular weight is 358 g/mol. The summed E-state index contributed by atoms with van der Waals surface area (Å²) in [6, 6.07) is 15.4. The fourth-order valence-electron chi connectivity index (χ4n) is 2.09. The third kappa shape index (κ3) is 3.03. The Morgan fingerprint density at radius 1 is 0.783 bits per heavy atom. The van der Waals surface area contributed by atoms with Crippen molar-refractivity contribution in [3.63, 3.8) is 0 Å². The molecule has 0 fully saturated rings. The van der Waals surface area contributed by atoms with Crippen molar-refractivity contribution in [3.8, 4) is 32.9 Å². The highest BCUT2D eigenvalue weighted by Crippen LogP contribution is 2.31. The molecule has 0 N–H and O–H groups in total. The standard InChI is InChI=1S/C17H10ClN2OS2/c18-12-7-5-11(6-8-12)16-19-15(13-3-1-9-22-13)20-17(21-16)14-4-2-10-23-14/h1-10H/q+1. The zero-order valence-electron chi connectivity index (χ0n) is 11.8. The third-order valence-corrected chi connectivity index (χ3v) is 5.15. The molecule has 0 saturated carbocycles. The van der Waals surface area contributed by atoms with Crippen molar-refractivity contribution in [2.75, 3.05) is 0 Å². The van der Waals surface area contributed by atoms with Crippen LogP contribution in [-0.2, 0) is 0 Å². The molecule has 112 valence electrons. The molecule has 0 atom stereocenters. The molecule has 3 nitrogen and oxygen atoms in total. The molecule has 0 unspecified atom stereocenters. The van der Waals surface area contributed by atoms with Crippen LogP contribution in [0.2, 0.25) is 5.02 Å². The maximum atomic E-state index is 5.96. The van der Waals surface area contributed by atoms with Crippen molar-refractivity contribution in [2.45, 2.75) is 0 Å². The van der Waals surface area contributed by atoms with Gasteiger partial charge in [0, 0.05) is 5.02 Å². The summed E-state index contributed by atoms with van der Waals surface area (Å²) in [5.41, 5.74) is 0.868. The van der Waals surface area contributed by atoms with E-state index in [4.69, 9.17) is 16.0 Å². The lowest BCUT2D eigenvalue weighted by molar-refractivity contribution is 0.542. The van der Waals surface area contributed by atoms with Gasteiger partial charge in [-0.05, 0) is 47.2 Å². The highest BCUT2D eigenvalue weighted by atomic mass is 35.5. The number of aromatic nitrogens is 2. The van der Waals surface area contributed by atoms with Gasteiger partial charge in [-0.25, -0.2) is 0 Å². The molecular formula is C17H10ClN2OS2+. The van der Waals surface area contributed by atoms with E-state index in [-0.39, 0.29) is 0 Å². The lowest BCUT2D eigenvalue weighted by atomic mass is 10.2. The zero-order chi connectivity index (χ0) is 15.6. The van der Waals surface area contributed by atoms with Crippen LogP contribution in [-0.4, -0.2) is 9.97 Å². The first-order valence-corrected chi connectivity index (χ1v) is 8.99. The van der Waals surface area contributed by atoms with Gasteiger partial charge in [0.2, 0.25) is 0 Å². The molecule has 0 amide bonds. The van der Waals surface area contributed by atoms with Crippen LogP contribution < -0.4 is 0 Å². The fraction of sp³-hybridized carbons (Fsp3) is 0. The number of nitrogens with zero attached hydrogens (tertiary/aromatic N) is 2. The SMILES string of the molecule is Clc1ccc(-c2nc(-c3cccs3)nc(-c3cccs3)[o+]2)cc1. The first-order chi connectivity index (χ1) is 11.3. The van der Waals surface area contributed by atoms with Gasteiger partial charge in [0.15, 0.2) is 10.7 Å². The zero-order valence-corrected chi connectivity index (χ0v) is 14.2. The van der Waals surface area contributed by atoms with E-state index in [9.17, 15) is 0 Å². The van der Waals surface area contributed by atoms with Gasteiger partial charge in [-0.3, -0.25) is 0 Å². The third-order valence-electron chi connectivity index (χ3n) is 3.17. The van der Waals surface area contributed by atoms with Gasteiger partial charge < -0.3 is 0 Å². The van der Waals surface area contributed by atoms with Crippen molar-refractivity contribution in [2.24, 2.45) is 0 Å². The smallest absolute Gasteiger partial charge is 0.165 e. The van der Waals surface area contributed by atoms with Crippen molar-refractivity contribution in [1.29, 1.82) is 0 Å². The summed E-state index contributed by atoms with van der Waals surface area (Å²) < 4.78 is 5.94. The Balaban J connectivity index is 1.89. The quantitative estimate of drug-likeness (QED) is 0.414. The molecule has 3 aromatic heterocycles. The first kappa shape index (κ1) is 14.5. The fourth-order valence-corrected chi connectivity index (χ4v) is 3.52. The predicted molar refractivity (Wildman–Crippen MR) is 95.8 cm³/mol. The van der Waals surface area contributed by atoms with Crippen LogP contribution >= 0.6 is 34.3 Å². The predicted octanol–water partition coefficient (Wildman–Crippen LogP) is 6.13. The number of halogens is 1. The molecule has 0 radical (unpaired) electrons. The molecule has 0 spiro atoms. The molecule has 3 heterocycles. The van der Waals surface area contributed by atoms with Gasteiger partial charge in [0.25, 0.3) is 0 Å². The van der Waals surface area contributed by atoms with Crippen LogP contribution in [0, 0.1) is 0 Å². The molecule has 0 aliphatic carbocycles. The summed E-state index contributed by atoms with van der Waals surface area (Å²) in [7, 11) is 0. The molecule has 0 saturated heterocycles. The normalized spacial score (nSPS) is 10.8. The van der Waals surface area contributed by atoms with Gasteiger partial charge in [-0.1, -0.05) is 23.7 Å². The van der Waals surface area contributed by atoms with Gasteiger partial charge in [-0.2, -0.15) is 4.42 Å². The molecule has 23 heavy (non-hydrogen) atoms. The second-order valence-corrected chi connectivity index (χ2v) is 7.05. The summed E-state index contributed by atoms with van der Waals surface area (Å²) in [6.45, 7) is 0. The monoisotopic (exact) mass is 357 g/mol. The van der Waals surface area contributed by atoms with Gasteiger partial charge >= 0.3 is 11.8 Å². The number of rotatable bonds is 3. The van der Waals surface area contributed by atoms with E-state index in [1.165, 1.54) is 0 Å². The van der Waals surface area contributed by atoms with Crippen LogP contribution in [0.15, 0.2) is 63.7 Å². The van der Waals surface area contributed by atoms with E-state index in [0.717, 1.165) is 15.3 Å². The van der Waals surface area contributed by atoms with Crippen molar-refractivity contribution >= 4 is 34.3 Å².